The fourth-order valence-corrected chi connectivity index (χ4v) is 3.16. The van der Waals surface area contributed by atoms with Crippen LogP contribution in [0.4, 0.5) is 4.39 Å². The predicted molar refractivity (Wildman–Crippen MR) is 99.6 cm³/mol. The van der Waals surface area contributed by atoms with E-state index < -0.39 is 0 Å². The number of rotatable bonds is 6. The van der Waals surface area contributed by atoms with Gasteiger partial charge in [-0.25, -0.2) is 4.39 Å². The molecule has 136 valence electrons. The van der Waals surface area contributed by atoms with Crippen LogP contribution in [0.2, 0.25) is 5.02 Å². The van der Waals surface area contributed by atoms with Crippen molar-refractivity contribution >= 4 is 23.2 Å². The van der Waals surface area contributed by atoms with E-state index in [9.17, 15) is 9.18 Å². The van der Waals surface area contributed by atoms with Crippen molar-refractivity contribution in [2.45, 2.75) is 32.4 Å². The lowest BCUT2D eigenvalue weighted by Gasteiger charge is -2.24. The van der Waals surface area contributed by atoms with Gasteiger partial charge in [-0.1, -0.05) is 47.9 Å². The Bertz CT molecular complexity index is 825. The van der Waals surface area contributed by atoms with Crippen molar-refractivity contribution in [3.63, 3.8) is 0 Å². The average molecular weight is 375 g/mol. The topological polar surface area (TPSA) is 41.9 Å². The van der Waals surface area contributed by atoms with E-state index in [-0.39, 0.29) is 17.8 Å². The van der Waals surface area contributed by atoms with Gasteiger partial charge in [-0.2, -0.15) is 0 Å². The van der Waals surface area contributed by atoms with Crippen LogP contribution in [0.1, 0.15) is 30.9 Å². The number of benzene rings is 2. The minimum absolute atomic E-state index is 0.0350. The number of carbonyl (C=O) groups excluding carboxylic acids is 1. The van der Waals surface area contributed by atoms with Gasteiger partial charge in [0.15, 0.2) is 6.10 Å². The van der Waals surface area contributed by atoms with Crippen molar-refractivity contribution in [1.29, 1.82) is 0 Å². The molecule has 0 spiro atoms. The maximum atomic E-state index is 13.4. The fraction of sp³-hybridized carbons (Fsp3) is 0.300. The highest BCUT2D eigenvalue weighted by molar-refractivity contribution is 6.30. The molecule has 0 aromatic heterocycles. The molecule has 6 heteroatoms. The lowest BCUT2D eigenvalue weighted by atomic mass is 10.0. The average Bonchev–Trinajstić information content (AvgIpc) is 3.09. The molecule has 26 heavy (non-hydrogen) atoms. The number of hydrogen-bond donors (Lipinski definition) is 0. The molecule has 2 aromatic rings. The van der Waals surface area contributed by atoms with E-state index >= 15 is 0 Å². The molecule has 0 radical (unpaired) electrons. The second kappa shape index (κ2) is 8.32. The zero-order valence-corrected chi connectivity index (χ0v) is 15.2. The van der Waals surface area contributed by atoms with Crippen molar-refractivity contribution < 1.29 is 14.0 Å². The van der Waals surface area contributed by atoms with Crippen molar-refractivity contribution in [1.82, 2.24) is 4.90 Å². The number of nitrogens with zero attached hydrogens (tertiary/aromatic N) is 2. The molecule has 0 aliphatic carbocycles. The lowest BCUT2D eigenvalue weighted by Crippen LogP contribution is -2.36. The molecule has 0 N–H and O–H groups in total. The fourth-order valence-electron chi connectivity index (χ4n) is 2.94. The third-order valence-electron chi connectivity index (χ3n) is 4.23. The second-order valence-electron chi connectivity index (χ2n) is 6.24. The molecule has 0 saturated heterocycles. The van der Waals surface area contributed by atoms with Crippen LogP contribution in [0, 0.1) is 5.82 Å². The summed E-state index contributed by atoms with van der Waals surface area (Å²) in [4.78, 5) is 19.6. The van der Waals surface area contributed by atoms with Crippen LogP contribution in [-0.4, -0.2) is 29.2 Å². The molecule has 1 amide bonds. The Hall–Kier alpha value is -2.40. The summed E-state index contributed by atoms with van der Waals surface area (Å²) in [6.07, 6.45) is 0.695. The largest absolute Gasteiger partial charge is 0.390 e. The zero-order chi connectivity index (χ0) is 18.5. The maximum Gasteiger partial charge on any atom is 0.222 e. The summed E-state index contributed by atoms with van der Waals surface area (Å²) in [6, 6.07) is 13.7. The van der Waals surface area contributed by atoms with E-state index in [0.29, 0.717) is 42.2 Å². The highest BCUT2D eigenvalue weighted by atomic mass is 35.5. The summed E-state index contributed by atoms with van der Waals surface area (Å²) < 4.78 is 13.4. The zero-order valence-electron chi connectivity index (χ0n) is 14.5. The van der Waals surface area contributed by atoms with E-state index in [0.717, 1.165) is 5.56 Å². The van der Waals surface area contributed by atoms with Crippen LogP contribution >= 0.6 is 11.6 Å². The molecule has 4 nitrogen and oxygen atoms in total. The van der Waals surface area contributed by atoms with Crippen molar-refractivity contribution in [3.8, 4) is 0 Å². The molecule has 1 aliphatic rings. The first-order chi connectivity index (χ1) is 12.5. The van der Waals surface area contributed by atoms with Crippen LogP contribution in [0.3, 0.4) is 0 Å². The van der Waals surface area contributed by atoms with Crippen LogP contribution in [0.15, 0.2) is 53.7 Å². The van der Waals surface area contributed by atoms with Gasteiger partial charge in [0.2, 0.25) is 5.91 Å². The van der Waals surface area contributed by atoms with Gasteiger partial charge in [0.05, 0.1) is 12.3 Å². The quantitative estimate of drug-likeness (QED) is 0.751. The number of oxime groups is 1. The molecule has 2 aromatic carbocycles. The van der Waals surface area contributed by atoms with Crippen LogP contribution in [0.5, 0.6) is 0 Å². The van der Waals surface area contributed by atoms with Crippen LogP contribution in [-0.2, 0) is 16.2 Å². The van der Waals surface area contributed by atoms with E-state index in [1.54, 1.807) is 23.1 Å². The van der Waals surface area contributed by atoms with Gasteiger partial charge in [0.1, 0.15) is 5.82 Å². The third-order valence-corrected chi connectivity index (χ3v) is 4.47. The summed E-state index contributed by atoms with van der Waals surface area (Å²) in [5.41, 5.74) is 2.36. The van der Waals surface area contributed by atoms with E-state index in [1.807, 2.05) is 25.1 Å². The van der Waals surface area contributed by atoms with Crippen molar-refractivity contribution in [2.75, 3.05) is 6.54 Å². The predicted octanol–water partition coefficient (Wildman–Crippen LogP) is 4.41. The minimum atomic E-state index is -0.308. The van der Waals surface area contributed by atoms with E-state index in [1.165, 1.54) is 12.1 Å². The van der Waals surface area contributed by atoms with Gasteiger partial charge in [-0.15, -0.1) is 0 Å². The number of halogens is 2. The van der Waals surface area contributed by atoms with Gasteiger partial charge in [-0.3, -0.25) is 4.79 Å². The summed E-state index contributed by atoms with van der Waals surface area (Å²) in [5, 5.41) is 4.72. The monoisotopic (exact) mass is 374 g/mol. The Balaban J connectivity index is 1.66. The molecular formula is C20H20ClFN2O2. The van der Waals surface area contributed by atoms with Crippen molar-refractivity contribution in [2.24, 2.45) is 5.16 Å². The molecular weight excluding hydrogens is 355 g/mol. The first-order valence-corrected chi connectivity index (χ1v) is 8.93. The molecule has 0 fully saturated rings. The first-order valence-electron chi connectivity index (χ1n) is 8.56. The Morgan fingerprint density at radius 3 is 2.85 bits per heavy atom. The summed E-state index contributed by atoms with van der Waals surface area (Å²) in [5.74, 6) is -0.273. The molecule has 1 aliphatic heterocycles. The third kappa shape index (κ3) is 4.61. The molecule has 0 bridgehead atoms. The molecule has 0 saturated carbocycles. The highest BCUT2D eigenvalue weighted by Gasteiger charge is 2.26. The Morgan fingerprint density at radius 2 is 2.12 bits per heavy atom. The van der Waals surface area contributed by atoms with Gasteiger partial charge in [0.25, 0.3) is 0 Å². The van der Waals surface area contributed by atoms with E-state index in [4.69, 9.17) is 16.4 Å². The van der Waals surface area contributed by atoms with E-state index in [2.05, 4.69) is 5.16 Å². The normalized spacial score (nSPS) is 16.1. The molecule has 3 rings (SSSR count). The molecule has 1 heterocycles. The minimum Gasteiger partial charge on any atom is -0.390 e. The van der Waals surface area contributed by atoms with Crippen LogP contribution in [0.25, 0.3) is 0 Å². The lowest BCUT2D eigenvalue weighted by molar-refractivity contribution is -0.133. The summed E-state index contributed by atoms with van der Waals surface area (Å²) in [6.45, 7) is 2.71. The Labute approximate surface area is 157 Å². The SMILES string of the molecule is CCC(=O)N(Cc1cccc(Cl)c1)C[C@H]1CC(c2cccc(F)c2)=NO1. The molecule has 0 unspecified atom stereocenters. The van der Waals surface area contributed by atoms with Gasteiger partial charge >= 0.3 is 0 Å². The van der Waals surface area contributed by atoms with Gasteiger partial charge in [-0.05, 0) is 29.8 Å². The first kappa shape index (κ1) is 18.4. The number of carbonyl (C=O) groups is 1. The second-order valence-corrected chi connectivity index (χ2v) is 6.67. The molecule has 1 atom stereocenters. The van der Waals surface area contributed by atoms with Crippen LogP contribution < -0.4 is 0 Å². The maximum absolute atomic E-state index is 13.4. The highest BCUT2D eigenvalue weighted by Crippen LogP contribution is 2.20. The Morgan fingerprint density at radius 1 is 1.31 bits per heavy atom. The van der Waals surface area contributed by atoms with Gasteiger partial charge in [0, 0.05) is 30.0 Å². The number of hydrogen-bond acceptors (Lipinski definition) is 3. The number of amides is 1. The van der Waals surface area contributed by atoms with Gasteiger partial charge < -0.3 is 9.74 Å². The smallest absolute Gasteiger partial charge is 0.222 e. The van der Waals surface area contributed by atoms with Crippen molar-refractivity contribution in [3.05, 3.63) is 70.5 Å². The summed E-state index contributed by atoms with van der Waals surface area (Å²) in [7, 11) is 0. The standard InChI is InChI=1S/C20H20ClFN2O2/c1-2-20(25)24(12-14-5-3-7-16(21)9-14)13-18-11-19(23-26-18)15-6-4-8-17(22)10-15/h3-10,18H,2,11-13H2,1H3/t18-/m1/s1. The summed E-state index contributed by atoms with van der Waals surface area (Å²) >= 11 is 6.03. The Kier molecular flexibility index (Phi) is 5.89.